The Morgan fingerprint density at radius 1 is 1.21 bits per heavy atom. The van der Waals surface area contributed by atoms with Gasteiger partial charge in [0.25, 0.3) is 0 Å². The molecule has 0 aromatic rings. The molecule has 2 fully saturated rings. The Hall–Kier alpha value is -0.570. The van der Waals surface area contributed by atoms with E-state index >= 15 is 0 Å². The molecule has 5 unspecified atom stereocenters. The number of methoxy groups -OCH3 is 2. The summed E-state index contributed by atoms with van der Waals surface area (Å²) in [5.41, 5.74) is 12.7. The number of hydrogen-bond acceptors (Lipinski definition) is 13. The van der Waals surface area contributed by atoms with Gasteiger partial charge in [-0.25, -0.2) is 10.1 Å². The van der Waals surface area contributed by atoms with E-state index in [2.05, 4.69) is 5.11 Å². The largest absolute Gasteiger partial charge is 0.474 e. The number of hydrogen-bond donors (Lipinski definition) is 4. The summed E-state index contributed by atoms with van der Waals surface area (Å²) in [6.45, 7) is -0.0572. The van der Waals surface area contributed by atoms with Crippen molar-refractivity contribution in [3.05, 3.63) is 0 Å². The number of aliphatic hydroxyl groups is 2. The molecule has 0 aromatic carbocycles. The Morgan fingerprint density at radius 2 is 1.93 bits per heavy atom. The highest BCUT2D eigenvalue weighted by atomic mass is 31.2. The molecular weight excluding hydrogens is 401 g/mol. The van der Waals surface area contributed by atoms with Crippen molar-refractivity contribution in [3.8, 4) is 0 Å². The summed E-state index contributed by atoms with van der Waals surface area (Å²) in [4.78, 5) is 0. The van der Waals surface area contributed by atoms with E-state index in [9.17, 15) is 14.8 Å². The molecule has 0 aliphatic carbocycles. The molecule has 2 aliphatic rings. The van der Waals surface area contributed by atoms with Crippen LogP contribution in [-0.2, 0) is 37.1 Å². The molecule has 2 saturated heterocycles. The Balaban J connectivity index is 2.05. The normalized spacial score (nSPS) is 40.9. The van der Waals surface area contributed by atoms with Crippen LogP contribution in [0.15, 0.2) is 5.11 Å². The van der Waals surface area contributed by atoms with Crippen molar-refractivity contribution in [2.24, 2.45) is 16.8 Å². The van der Waals surface area contributed by atoms with E-state index < -0.39 is 56.7 Å². The predicted molar refractivity (Wildman–Crippen MR) is 91.4 cm³/mol. The van der Waals surface area contributed by atoms with Crippen LogP contribution >= 0.6 is 7.82 Å². The second-order valence-corrected chi connectivity index (χ2v) is 8.11. The van der Waals surface area contributed by atoms with Crippen molar-refractivity contribution in [1.82, 2.24) is 0 Å². The lowest BCUT2D eigenvalue weighted by Crippen LogP contribution is -2.55. The first-order valence-electron chi connectivity index (χ1n) is 8.56. The molecule has 0 spiro atoms. The number of ether oxygens (including phenoxy) is 4. The van der Waals surface area contributed by atoms with Gasteiger partial charge in [-0.1, -0.05) is 0 Å². The summed E-state index contributed by atoms with van der Waals surface area (Å²) < 4.78 is 49.4. The number of phosphoric acid groups is 1. The SMILES string of the molecule is COC[C@H]1CO[C@@H](N)C(O)C1OP(=O)(OC)OC[C@H]1O[C@@H](N=N)C(O)C1OC. The van der Waals surface area contributed by atoms with E-state index in [0.717, 1.165) is 7.11 Å². The van der Waals surface area contributed by atoms with Crippen molar-refractivity contribution in [2.45, 2.75) is 43.0 Å². The predicted octanol–water partition coefficient (Wildman–Crippen LogP) is -0.787. The van der Waals surface area contributed by atoms with Crippen LogP contribution in [0, 0.1) is 11.4 Å². The second kappa shape index (κ2) is 10.5. The molecule has 0 radical (unpaired) electrons. The first-order valence-corrected chi connectivity index (χ1v) is 10.0. The van der Waals surface area contributed by atoms with Crippen LogP contribution in [0.2, 0.25) is 0 Å². The van der Waals surface area contributed by atoms with Crippen LogP contribution in [0.1, 0.15) is 0 Å². The van der Waals surface area contributed by atoms with Crippen molar-refractivity contribution < 1.29 is 47.3 Å². The highest BCUT2D eigenvalue weighted by molar-refractivity contribution is 7.48. The molecule has 5 N–H and O–H groups in total. The first-order chi connectivity index (χ1) is 13.3. The molecule has 13 nitrogen and oxygen atoms in total. The van der Waals surface area contributed by atoms with E-state index in [1.807, 2.05) is 0 Å². The molecular formula is C14H28N3O10P. The Bertz CT molecular complexity index is 557. The van der Waals surface area contributed by atoms with Crippen LogP contribution < -0.4 is 5.73 Å². The Kier molecular flexibility index (Phi) is 8.85. The lowest BCUT2D eigenvalue weighted by Gasteiger charge is -2.39. The van der Waals surface area contributed by atoms with Crippen LogP contribution in [-0.4, -0.2) is 94.3 Å². The molecule has 0 aromatic heterocycles. The monoisotopic (exact) mass is 429 g/mol. The van der Waals surface area contributed by atoms with Crippen LogP contribution in [0.5, 0.6) is 0 Å². The standard InChI is InChI=1S/C14H28N3O10P/c1-21-4-7-5-24-13(15)9(18)11(7)27-28(20,23-3)25-6-8-12(22-2)10(19)14(17-16)26-8/h7-14,16,18-19H,4-6,15H2,1-3H3/t7-,8+,9?,10?,11?,12?,13+,14+,28?/m0/s1. The van der Waals surface area contributed by atoms with Crippen molar-refractivity contribution in [1.29, 1.82) is 5.53 Å². The van der Waals surface area contributed by atoms with Gasteiger partial charge >= 0.3 is 7.82 Å². The second-order valence-electron chi connectivity index (χ2n) is 6.38. The van der Waals surface area contributed by atoms with Crippen molar-refractivity contribution in [3.63, 3.8) is 0 Å². The van der Waals surface area contributed by atoms with E-state index in [-0.39, 0.29) is 19.8 Å². The fourth-order valence-corrected chi connectivity index (χ4v) is 4.27. The molecule has 14 heteroatoms. The van der Waals surface area contributed by atoms with Crippen LogP contribution in [0.4, 0.5) is 0 Å². The summed E-state index contributed by atoms with van der Waals surface area (Å²) in [6.07, 6.45) is -7.38. The van der Waals surface area contributed by atoms with Crippen LogP contribution in [0.3, 0.4) is 0 Å². The zero-order valence-corrected chi connectivity index (χ0v) is 16.8. The molecule has 0 bridgehead atoms. The summed E-state index contributed by atoms with van der Waals surface area (Å²) in [5, 5.41) is 23.4. The maximum Gasteiger partial charge on any atom is 0.474 e. The van der Waals surface area contributed by atoms with Gasteiger partial charge in [-0.15, -0.1) is 0 Å². The van der Waals surface area contributed by atoms with Gasteiger partial charge < -0.3 is 34.9 Å². The summed E-state index contributed by atoms with van der Waals surface area (Å²) in [7, 11) is -0.220. The summed E-state index contributed by atoms with van der Waals surface area (Å²) in [5.74, 6) is -0.463. The third kappa shape index (κ3) is 5.32. The average Bonchev–Trinajstić information content (AvgIpc) is 3.00. The van der Waals surface area contributed by atoms with Gasteiger partial charge in [-0.3, -0.25) is 13.6 Å². The minimum absolute atomic E-state index is 0.122. The van der Waals surface area contributed by atoms with Gasteiger partial charge in [0.05, 0.1) is 19.8 Å². The maximum atomic E-state index is 12.9. The van der Waals surface area contributed by atoms with Gasteiger partial charge in [-0.05, 0) is 0 Å². The molecule has 0 amide bonds. The number of nitrogens with one attached hydrogen (secondary N) is 1. The third-order valence-corrected chi connectivity index (χ3v) is 6.02. The van der Waals surface area contributed by atoms with Crippen molar-refractivity contribution in [2.75, 3.05) is 41.2 Å². The quantitative estimate of drug-likeness (QED) is 0.252. The summed E-state index contributed by atoms with van der Waals surface area (Å²) >= 11 is 0. The van der Waals surface area contributed by atoms with Gasteiger partial charge in [0.15, 0.2) is 6.23 Å². The highest BCUT2D eigenvalue weighted by Gasteiger charge is 2.47. The summed E-state index contributed by atoms with van der Waals surface area (Å²) in [6, 6.07) is 0. The highest BCUT2D eigenvalue weighted by Crippen LogP contribution is 2.52. The van der Waals surface area contributed by atoms with E-state index in [0.29, 0.717) is 0 Å². The minimum Gasteiger partial charge on any atom is -0.386 e. The van der Waals surface area contributed by atoms with E-state index in [1.54, 1.807) is 0 Å². The lowest BCUT2D eigenvalue weighted by molar-refractivity contribution is -0.168. The minimum atomic E-state index is -4.15. The van der Waals surface area contributed by atoms with Gasteiger partial charge in [0.2, 0.25) is 0 Å². The van der Waals surface area contributed by atoms with E-state index in [1.165, 1.54) is 14.2 Å². The number of aliphatic hydroxyl groups excluding tert-OH is 2. The topological polar surface area (TPSA) is 184 Å². The van der Waals surface area contributed by atoms with Crippen molar-refractivity contribution >= 4 is 7.82 Å². The molecule has 164 valence electrons. The molecule has 2 heterocycles. The zero-order chi connectivity index (χ0) is 20.9. The number of rotatable bonds is 10. The Morgan fingerprint density at radius 3 is 2.50 bits per heavy atom. The first kappa shape index (κ1) is 23.7. The molecule has 0 saturated carbocycles. The average molecular weight is 429 g/mol. The smallest absolute Gasteiger partial charge is 0.386 e. The van der Waals surface area contributed by atoms with Gasteiger partial charge in [0.1, 0.15) is 36.7 Å². The van der Waals surface area contributed by atoms with Gasteiger partial charge in [0, 0.05) is 27.2 Å². The fraction of sp³-hybridized carbons (Fsp3) is 1.00. The number of phosphoric ester groups is 1. The third-order valence-electron chi connectivity index (χ3n) is 4.60. The number of nitrogens with zero attached hydrogens (tertiary/aromatic N) is 1. The molecule has 9 atom stereocenters. The molecule has 2 aliphatic heterocycles. The zero-order valence-electron chi connectivity index (χ0n) is 15.9. The van der Waals surface area contributed by atoms with Gasteiger partial charge in [-0.2, -0.15) is 5.11 Å². The van der Waals surface area contributed by atoms with Crippen LogP contribution in [0.25, 0.3) is 0 Å². The maximum absolute atomic E-state index is 12.9. The number of nitrogens with two attached hydrogens (primary N) is 1. The Labute approximate surface area is 162 Å². The lowest BCUT2D eigenvalue weighted by atomic mass is 9.96. The molecule has 28 heavy (non-hydrogen) atoms. The fourth-order valence-electron chi connectivity index (χ4n) is 3.09. The molecule has 2 rings (SSSR count). The van der Waals surface area contributed by atoms with E-state index in [4.69, 9.17) is 43.8 Å².